The highest BCUT2D eigenvalue weighted by molar-refractivity contribution is 6.02. The Bertz CT molecular complexity index is 1160. The summed E-state index contributed by atoms with van der Waals surface area (Å²) in [4.78, 5) is 26.1. The van der Waals surface area contributed by atoms with Crippen molar-refractivity contribution in [2.75, 3.05) is 5.01 Å². The molecule has 0 fully saturated rings. The summed E-state index contributed by atoms with van der Waals surface area (Å²) in [6, 6.07) is 24.2. The summed E-state index contributed by atoms with van der Waals surface area (Å²) < 4.78 is 0. The van der Waals surface area contributed by atoms with Gasteiger partial charge in [0.2, 0.25) is 5.82 Å². The van der Waals surface area contributed by atoms with Crippen molar-refractivity contribution in [3.8, 4) is 11.4 Å². The molecule has 0 aliphatic carbocycles. The number of hydrogen-bond acceptors (Lipinski definition) is 6. The quantitative estimate of drug-likeness (QED) is 0.235. The predicted molar refractivity (Wildman–Crippen MR) is 119 cm³/mol. The molecule has 32 heavy (non-hydrogen) atoms. The molecule has 0 saturated carbocycles. The van der Waals surface area contributed by atoms with Gasteiger partial charge in [-0.2, -0.15) is 5.21 Å². The Morgan fingerprint density at radius 2 is 1.59 bits per heavy atom. The Morgan fingerprint density at radius 3 is 2.22 bits per heavy atom. The molecule has 4 aromatic rings. The van der Waals surface area contributed by atoms with Gasteiger partial charge in [-0.3, -0.25) is 9.59 Å². The molecule has 1 heterocycles. The molecule has 1 atom stereocenters. The molecule has 0 aliphatic rings. The Morgan fingerprint density at radius 1 is 0.938 bits per heavy atom. The summed E-state index contributed by atoms with van der Waals surface area (Å²) >= 11 is 0. The summed E-state index contributed by atoms with van der Waals surface area (Å²) in [6.45, 7) is 0. The zero-order valence-electron chi connectivity index (χ0n) is 17.1. The first-order chi connectivity index (χ1) is 15.6. The molecule has 0 saturated heterocycles. The predicted octanol–water partition coefficient (Wildman–Crippen LogP) is 2.11. The highest BCUT2D eigenvalue weighted by Crippen LogP contribution is 2.16. The van der Waals surface area contributed by atoms with Crippen LogP contribution in [0.3, 0.4) is 0 Å². The van der Waals surface area contributed by atoms with Gasteiger partial charge in [-0.15, -0.1) is 10.2 Å². The first kappa shape index (κ1) is 20.9. The van der Waals surface area contributed by atoms with Crippen LogP contribution in [-0.2, 0) is 11.2 Å². The number of nitrogens with one attached hydrogen (secondary N) is 2. The van der Waals surface area contributed by atoms with Crippen molar-refractivity contribution in [1.29, 1.82) is 0 Å². The molecule has 4 rings (SSSR count). The topological polar surface area (TPSA) is 130 Å². The number of hydrogen-bond donors (Lipinski definition) is 3. The number of nitrogens with two attached hydrogens (primary N) is 1. The van der Waals surface area contributed by atoms with Crippen LogP contribution in [0.25, 0.3) is 11.4 Å². The fraction of sp³-hybridized carbons (Fsp3) is 0.0870. The van der Waals surface area contributed by atoms with Gasteiger partial charge < -0.3 is 5.32 Å². The van der Waals surface area contributed by atoms with Gasteiger partial charge in [-0.1, -0.05) is 60.7 Å². The van der Waals surface area contributed by atoms with E-state index in [2.05, 4.69) is 25.9 Å². The van der Waals surface area contributed by atoms with E-state index in [1.807, 2.05) is 36.4 Å². The number of hydrazine groups is 1. The highest BCUT2D eigenvalue weighted by Gasteiger charge is 2.26. The minimum atomic E-state index is -0.855. The average molecular weight is 427 g/mol. The van der Waals surface area contributed by atoms with Crippen molar-refractivity contribution >= 4 is 17.5 Å². The largest absolute Gasteiger partial charge is 0.340 e. The molecule has 4 N–H and O–H groups in total. The van der Waals surface area contributed by atoms with E-state index in [1.165, 1.54) is 0 Å². The van der Waals surface area contributed by atoms with E-state index in [0.29, 0.717) is 29.1 Å². The molecule has 160 valence electrons. The third-order valence-corrected chi connectivity index (χ3v) is 4.91. The van der Waals surface area contributed by atoms with Crippen molar-refractivity contribution in [2.45, 2.75) is 12.5 Å². The normalized spacial score (nSPS) is 11.5. The number of aromatic nitrogens is 4. The average Bonchev–Trinajstić information content (AvgIpc) is 3.39. The zero-order valence-corrected chi connectivity index (χ0v) is 17.1. The van der Waals surface area contributed by atoms with E-state index in [0.717, 1.165) is 10.6 Å². The molecule has 2 amide bonds. The molecule has 0 radical (unpaired) electrons. The van der Waals surface area contributed by atoms with Crippen molar-refractivity contribution in [2.24, 2.45) is 5.84 Å². The number of rotatable bonds is 7. The number of aromatic amines is 1. The van der Waals surface area contributed by atoms with Crippen LogP contribution >= 0.6 is 0 Å². The maximum absolute atomic E-state index is 13.2. The second-order valence-corrected chi connectivity index (χ2v) is 7.07. The number of amides is 2. The number of H-pyrrole nitrogens is 1. The summed E-state index contributed by atoms with van der Waals surface area (Å²) in [6.07, 6.45) is 0.299. The molecule has 3 aromatic carbocycles. The van der Waals surface area contributed by atoms with Gasteiger partial charge in [-0.25, -0.2) is 10.9 Å². The second-order valence-electron chi connectivity index (χ2n) is 7.07. The van der Waals surface area contributed by atoms with E-state index in [-0.39, 0.29) is 5.91 Å². The van der Waals surface area contributed by atoms with E-state index in [9.17, 15) is 9.59 Å². The van der Waals surface area contributed by atoms with Crippen molar-refractivity contribution in [1.82, 2.24) is 25.9 Å². The van der Waals surface area contributed by atoms with Crippen LogP contribution in [0.1, 0.15) is 15.9 Å². The SMILES string of the molecule is NN(C(=O)C(Cc1ccccc1)NC(=O)c1ccc(-c2nn[nH]n2)cc1)c1ccccc1. The monoisotopic (exact) mass is 427 g/mol. The molecule has 0 spiro atoms. The van der Waals surface area contributed by atoms with E-state index >= 15 is 0 Å². The highest BCUT2D eigenvalue weighted by atomic mass is 16.2. The molecule has 9 nitrogen and oxygen atoms in total. The van der Waals surface area contributed by atoms with Gasteiger partial charge in [0.05, 0.1) is 5.69 Å². The number of benzene rings is 3. The fourth-order valence-corrected chi connectivity index (χ4v) is 3.23. The molecule has 9 heteroatoms. The van der Waals surface area contributed by atoms with Gasteiger partial charge >= 0.3 is 0 Å². The lowest BCUT2D eigenvalue weighted by Gasteiger charge is -2.24. The number of nitrogens with zero attached hydrogens (tertiary/aromatic N) is 4. The number of carbonyl (C=O) groups excluding carboxylic acids is 2. The van der Waals surface area contributed by atoms with Crippen LogP contribution < -0.4 is 16.2 Å². The van der Waals surface area contributed by atoms with E-state index < -0.39 is 11.9 Å². The van der Waals surface area contributed by atoms with Crippen molar-refractivity contribution in [3.63, 3.8) is 0 Å². The summed E-state index contributed by atoms with van der Waals surface area (Å²) in [5.41, 5.74) is 2.55. The Balaban J connectivity index is 1.54. The Labute approximate surface area is 184 Å². The lowest BCUT2D eigenvalue weighted by Crippen LogP contribution is -2.52. The lowest BCUT2D eigenvalue weighted by atomic mass is 10.0. The lowest BCUT2D eigenvalue weighted by molar-refractivity contribution is -0.120. The number of tetrazole rings is 1. The Kier molecular flexibility index (Phi) is 6.28. The maximum atomic E-state index is 13.2. The van der Waals surface area contributed by atoms with Crippen LogP contribution in [0.4, 0.5) is 5.69 Å². The van der Waals surface area contributed by atoms with E-state index in [4.69, 9.17) is 5.84 Å². The molecule has 0 bridgehead atoms. The van der Waals surface area contributed by atoms with Crippen molar-refractivity contribution < 1.29 is 9.59 Å². The molecular weight excluding hydrogens is 406 g/mol. The fourth-order valence-electron chi connectivity index (χ4n) is 3.23. The Hall–Kier alpha value is -4.37. The number of para-hydroxylation sites is 1. The molecule has 1 aromatic heterocycles. The standard InChI is InChI=1S/C23H21N7O2/c24-30(19-9-5-2-6-10-19)23(32)20(15-16-7-3-1-4-8-16)25-22(31)18-13-11-17(12-14-18)21-26-28-29-27-21/h1-14,20H,15,24H2,(H,25,31)(H,26,27,28,29). The smallest absolute Gasteiger partial charge is 0.264 e. The third-order valence-electron chi connectivity index (χ3n) is 4.91. The van der Waals surface area contributed by atoms with Gasteiger partial charge in [0.15, 0.2) is 0 Å². The number of anilines is 1. The van der Waals surface area contributed by atoms with Gasteiger partial charge in [0.1, 0.15) is 6.04 Å². The summed E-state index contributed by atoms with van der Waals surface area (Å²) in [7, 11) is 0. The van der Waals surface area contributed by atoms with Gasteiger partial charge in [-0.05, 0) is 35.0 Å². The zero-order chi connectivity index (χ0) is 22.3. The van der Waals surface area contributed by atoms with Crippen LogP contribution in [0.5, 0.6) is 0 Å². The van der Waals surface area contributed by atoms with Crippen LogP contribution in [0, 0.1) is 0 Å². The third kappa shape index (κ3) is 4.85. The first-order valence-electron chi connectivity index (χ1n) is 9.94. The van der Waals surface area contributed by atoms with Gasteiger partial charge in [0, 0.05) is 17.5 Å². The number of carbonyl (C=O) groups is 2. The molecule has 0 aliphatic heterocycles. The van der Waals surface area contributed by atoms with Gasteiger partial charge in [0.25, 0.3) is 11.8 Å². The van der Waals surface area contributed by atoms with Crippen molar-refractivity contribution in [3.05, 3.63) is 96.1 Å². The first-order valence-corrected chi connectivity index (χ1v) is 9.94. The van der Waals surface area contributed by atoms with Crippen LogP contribution in [0.15, 0.2) is 84.9 Å². The van der Waals surface area contributed by atoms with Crippen LogP contribution in [0.2, 0.25) is 0 Å². The molecular formula is C23H21N7O2. The molecule has 1 unspecified atom stereocenters. The van der Waals surface area contributed by atoms with E-state index in [1.54, 1.807) is 48.5 Å². The summed E-state index contributed by atoms with van der Waals surface area (Å²) in [5.74, 6) is 5.71. The summed E-state index contributed by atoms with van der Waals surface area (Å²) in [5, 5.41) is 17.6. The van der Waals surface area contributed by atoms with Crippen LogP contribution in [-0.4, -0.2) is 38.5 Å². The maximum Gasteiger partial charge on any atom is 0.264 e. The minimum Gasteiger partial charge on any atom is -0.340 e. The second kappa shape index (κ2) is 9.63. The minimum absolute atomic E-state index is 0.299.